The largest absolute Gasteiger partial charge is 0.494 e. The van der Waals surface area contributed by atoms with E-state index in [0.29, 0.717) is 18.4 Å². The molecule has 0 aromatic heterocycles. The molecule has 2 aromatic carbocycles. The fraction of sp³-hybridized carbons (Fsp3) is 0.188. The lowest BCUT2D eigenvalue weighted by molar-refractivity contribution is 0.0946. The zero-order valence-electron chi connectivity index (χ0n) is 11.5. The van der Waals surface area contributed by atoms with Crippen LogP contribution in [0.4, 0.5) is 8.78 Å². The monoisotopic (exact) mass is 291 g/mol. The molecule has 0 atom stereocenters. The topological polar surface area (TPSA) is 38.3 Å². The lowest BCUT2D eigenvalue weighted by Gasteiger charge is -2.11. The second-order valence-electron chi connectivity index (χ2n) is 4.35. The number of rotatable bonds is 5. The third kappa shape index (κ3) is 3.78. The van der Waals surface area contributed by atoms with Gasteiger partial charge >= 0.3 is 0 Å². The Morgan fingerprint density at radius 2 is 1.95 bits per heavy atom. The average Bonchev–Trinajstić information content (AvgIpc) is 2.46. The Morgan fingerprint density at radius 1 is 1.19 bits per heavy atom. The van der Waals surface area contributed by atoms with E-state index in [-0.39, 0.29) is 12.1 Å². The molecule has 0 fully saturated rings. The minimum Gasteiger partial charge on any atom is -0.494 e. The van der Waals surface area contributed by atoms with E-state index in [9.17, 15) is 13.6 Å². The van der Waals surface area contributed by atoms with Crippen LogP contribution < -0.4 is 10.1 Å². The molecule has 5 heteroatoms. The molecule has 21 heavy (non-hydrogen) atoms. The van der Waals surface area contributed by atoms with Gasteiger partial charge in [-0.05, 0) is 25.1 Å². The highest BCUT2D eigenvalue weighted by Gasteiger charge is 2.13. The molecule has 1 amide bonds. The molecule has 0 aliphatic carbocycles. The van der Waals surface area contributed by atoms with Crippen molar-refractivity contribution >= 4 is 5.91 Å². The molecule has 110 valence electrons. The number of carbonyl (C=O) groups is 1. The summed E-state index contributed by atoms with van der Waals surface area (Å²) in [6, 6.07) is 10.1. The highest BCUT2D eigenvalue weighted by atomic mass is 19.1. The number of hydrogen-bond acceptors (Lipinski definition) is 2. The van der Waals surface area contributed by atoms with Gasteiger partial charge in [-0.3, -0.25) is 4.79 Å². The van der Waals surface area contributed by atoms with Crippen LogP contribution in [0.1, 0.15) is 22.8 Å². The highest BCUT2D eigenvalue weighted by Crippen LogP contribution is 2.18. The van der Waals surface area contributed by atoms with Crippen LogP contribution in [-0.4, -0.2) is 12.5 Å². The van der Waals surface area contributed by atoms with Crippen molar-refractivity contribution < 1.29 is 18.3 Å². The molecule has 0 bridgehead atoms. The number of amides is 1. The van der Waals surface area contributed by atoms with Crippen LogP contribution in [0.15, 0.2) is 42.5 Å². The molecule has 0 aliphatic heterocycles. The van der Waals surface area contributed by atoms with Crippen LogP contribution in [0, 0.1) is 11.6 Å². The van der Waals surface area contributed by atoms with E-state index in [1.165, 1.54) is 0 Å². The van der Waals surface area contributed by atoms with Gasteiger partial charge in [0.05, 0.1) is 12.2 Å². The van der Waals surface area contributed by atoms with Crippen molar-refractivity contribution in [1.29, 1.82) is 0 Å². The van der Waals surface area contributed by atoms with E-state index in [0.717, 1.165) is 17.7 Å². The van der Waals surface area contributed by atoms with Gasteiger partial charge in [0, 0.05) is 18.2 Å². The van der Waals surface area contributed by atoms with Crippen molar-refractivity contribution in [2.24, 2.45) is 0 Å². The predicted octanol–water partition coefficient (Wildman–Crippen LogP) is 3.29. The van der Waals surface area contributed by atoms with Crippen LogP contribution in [0.5, 0.6) is 5.75 Å². The summed E-state index contributed by atoms with van der Waals surface area (Å²) in [6.45, 7) is 2.58. The summed E-state index contributed by atoms with van der Waals surface area (Å²) in [4.78, 5) is 11.9. The first-order valence-electron chi connectivity index (χ1n) is 6.55. The molecule has 2 aromatic rings. The number of halogens is 2. The minimum atomic E-state index is -0.884. The molecule has 0 unspecified atom stereocenters. The van der Waals surface area contributed by atoms with Gasteiger partial charge in [-0.15, -0.1) is 0 Å². The average molecular weight is 291 g/mol. The standard InChI is InChI=1S/C16H15F2NO2/c1-2-21-15-6-4-3-5-11(15)10-19-16(20)13-8-7-12(17)9-14(13)18/h3-9H,2,10H2,1H3,(H,19,20). The molecule has 0 saturated carbocycles. The van der Waals surface area contributed by atoms with Crippen LogP contribution in [0.25, 0.3) is 0 Å². The third-order valence-corrected chi connectivity index (χ3v) is 2.89. The molecular formula is C16H15F2NO2. The maximum Gasteiger partial charge on any atom is 0.254 e. The van der Waals surface area contributed by atoms with Crippen molar-refractivity contribution in [2.75, 3.05) is 6.61 Å². The van der Waals surface area contributed by atoms with E-state index >= 15 is 0 Å². The molecule has 0 heterocycles. The number of para-hydroxylation sites is 1. The van der Waals surface area contributed by atoms with Crippen LogP contribution in [-0.2, 0) is 6.54 Å². The normalized spacial score (nSPS) is 10.2. The lowest BCUT2D eigenvalue weighted by atomic mass is 10.1. The maximum atomic E-state index is 13.5. The van der Waals surface area contributed by atoms with Crippen molar-refractivity contribution in [3.05, 3.63) is 65.2 Å². The fourth-order valence-corrected chi connectivity index (χ4v) is 1.89. The summed E-state index contributed by atoms with van der Waals surface area (Å²) in [5, 5.41) is 2.59. The van der Waals surface area contributed by atoms with Gasteiger partial charge in [-0.25, -0.2) is 8.78 Å². The van der Waals surface area contributed by atoms with Gasteiger partial charge in [0.2, 0.25) is 0 Å². The summed E-state index contributed by atoms with van der Waals surface area (Å²) in [6.07, 6.45) is 0. The zero-order valence-corrected chi connectivity index (χ0v) is 11.5. The zero-order chi connectivity index (χ0) is 15.2. The van der Waals surface area contributed by atoms with E-state index in [1.54, 1.807) is 6.07 Å². The highest BCUT2D eigenvalue weighted by molar-refractivity contribution is 5.94. The first kappa shape index (κ1) is 15.0. The van der Waals surface area contributed by atoms with E-state index in [4.69, 9.17) is 4.74 Å². The van der Waals surface area contributed by atoms with Crippen molar-refractivity contribution in [3.63, 3.8) is 0 Å². The number of carbonyl (C=O) groups excluding carboxylic acids is 1. The van der Waals surface area contributed by atoms with Gasteiger partial charge in [-0.2, -0.15) is 0 Å². The van der Waals surface area contributed by atoms with Crippen LogP contribution in [0.3, 0.4) is 0 Å². The Labute approximate surface area is 121 Å². The van der Waals surface area contributed by atoms with Crippen LogP contribution in [0.2, 0.25) is 0 Å². The number of nitrogens with one attached hydrogen (secondary N) is 1. The SMILES string of the molecule is CCOc1ccccc1CNC(=O)c1ccc(F)cc1F. The molecule has 0 saturated heterocycles. The Balaban J connectivity index is 2.07. The number of hydrogen-bond donors (Lipinski definition) is 1. The summed E-state index contributed by atoms with van der Waals surface area (Å²) in [5.41, 5.74) is 0.598. The summed E-state index contributed by atoms with van der Waals surface area (Å²) in [5.74, 6) is -1.53. The number of benzene rings is 2. The fourth-order valence-electron chi connectivity index (χ4n) is 1.89. The predicted molar refractivity (Wildman–Crippen MR) is 75.1 cm³/mol. The third-order valence-electron chi connectivity index (χ3n) is 2.89. The van der Waals surface area contributed by atoms with Gasteiger partial charge in [-0.1, -0.05) is 18.2 Å². The smallest absolute Gasteiger partial charge is 0.254 e. The van der Waals surface area contributed by atoms with E-state index in [2.05, 4.69) is 5.32 Å². The lowest BCUT2D eigenvalue weighted by Crippen LogP contribution is -2.24. The summed E-state index contributed by atoms with van der Waals surface area (Å²) < 4.78 is 31.8. The summed E-state index contributed by atoms with van der Waals surface area (Å²) >= 11 is 0. The molecule has 3 nitrogen and oxygen atoms in total. The molecular weight excluding hydrogens is 276 g/mol. The van der Waals surface area contributed by atoms with Gasteiger partial charge in [0.1, 0.15) is 17.4 Å². The second kappa shape index (κ2) is 6.83. The van der Waals surface area contributed by atoms with Crippen molar-refractivity contribution in [3.8, 4) is 5.75 Å². The molecule has 0 radical (unpaired) electrons. The van der Waals surface area contributed by atoms with Gasteiger partial charge in [0.25, 0.3) is 5.91 Å². The minimum absolute atomic E-state index is 0.190. The molecule has 0 spiro atoms. The van der Waals surface area contributed by atoms with Gasteiger partial charge < -0.3 is 10.1 Å². The maximum absolute atomic E-state index is 13.5. The molecule has 2 rings (SSSR count). The first-order valence-corrected chi connectivity index (χ1v) is 6.55. The van der Waals surface area contributed by atoms with E-state index < -0.39 is 17.5 Å². The second-order valence-corrected chi connectivity index (χ2v) is 4.35. The Bertz CT molecular complexity index is 644. The Kier molecular flexibility index (Phi) is 4.87. The van der Waals surface area contributed by atoms with Crippen LogP contribution >= 0.6 is 0 Å². The Hall–Kier alpha value is -2.43. The quantitative estimate of drug-likeness (QED) is 0.918. The van der Waals surface area contributed by atoms with Crippen molar-refractivity contribution in [1.82, 2.24) is 5.32 Å². The van der Waals surface area contributed by atoms with Crippen molar-refractivity contribution in [2.45, 2.75) is 13.5 Å². The number of ether oxygens (including phenoxy) is 1. The Morgan fingerprint density at radius 3 is 2.67 bits per heavy atom. The first-order chi connectivity index (χ1) is 10.1. The van der Waals surface area contributed by atoms with E-state index in [1.807, 2.05) is 25.1 Å². The van der Waals surface area contributed by atoms with Gasteiger partial charge in [0.15, 0.2) is 0 Å². The molecule has 0 aliphatic rings. The molecule has 1 N–H and O–H groups in total. The summed E-state index contributed by atoms with van der Waals surface area (Å²) in [7, 11) is 0.